The van der Waals surface area contributed by atoms with Crippen LogP contribution in [0.3, 0.4) is 0 Å². The Morgan fingerprint density at radius 2 is 1.53 bits per heavy atom. The van der Waals surface area contributed by atoms with Crippen LogP contribution in [-0.4, -0.2) is 40.2 Å². The molecule has 0 spiro atoms. The van der Waals surface area contributed by atoms with E-state index in [0.717, 1.165) is 23.1 Å². The van der Waals surface area contributed by atoms with Gasteiger partial charge in [0, 0.05) is 20.1 Å². The van der Waals surface area contributed by atoms with Crippen molar-refractivity contribution in [2.45, 2.75) is 6.42 Å². The number of methoxy groups -OCH3 is 2. The Labute approximate surface area is 200 Å². The number of allylic oxidation sites excluding steroid dienone is 4. The lowest BCUT2D eigenvalue weighted by atomic mass is 9.88. The average Bonchev–Trinajstić information content (AvgIpc) is 2.87. The fourth-order valence-electron chi connectivity index (χ4n) is 3.49. The van der Waals surface area contributed by atoms with E-state index in [2.05, 4.69) is 60.5 Å². The van der Waals surface area contributed by atoms with E-state index in [1.165, 1.54) is 18.2 Å². The van der Waals surface area contributed by atoms with Crippen molar-refractivity contribution in [1.82, 2.24) is 0 Å². The maximum absolute atomic E-state index is 11.5. The molecule has 0 heterocycles. The zero-order valence-electron chi connectivity index (χ0n) is 19.6. The molecule has 0 fully saturated rings. The first kappa shape index (κ1) is 25.2. The third kappa shape index (κ3) is 7.02. The number of carbonyl (C=O) groups is 1. The van der Waals surface area contributed by atoms with E-state index >= 15 is 0 Å². The summed E-state index contributed by atoms with van der Waals surface area (Å²) in [4.78, 5) is 20.9. The summed E-state index contributed by atoms with van der Waals surface area (Å²) in [6.07, 6.45) is 7.54. The van der Waals surface area contributed by atoms with Crippen molar-refractivity contribution < 1.29 is 28.8 Å². The van der Waals surface area contributed by atoms with Crippen LogP contribution in [0.5, 0.6) is 5.75 Å². The molecule has 0 saturated carbocycles. The Hall–Kier alpha value is -3.45. The molecule has 0 N–H and O–H groups in total. The van der Waals surface area contributed by atoms with Crippen molar-refractivity contribution in [2.24, 2.45) is 5.92 Å². The fraction of sp³-hybridized carbons (Fsp3) is 0.250. The molecular formula is C28H30O6. The van der Waals surface area contributed by atoms with Crippen molar-refractivity contribution in [3.63, 3.8) is 0 Å². The number of carbonyl (C=O) groups excluding carboxylic acids is 1. The molecule has 0 radical (unpaired) electrons. The van der Waals surface area contributed by atoms with E-state index in [-0.39, 0.29) is 19.0 Å². The summed E-state index contributed by atoms with van der Waals surface area (Å²) in [5, 5.41) is 0. The number of rotatable bonds is 12. The molecule has 6 nitrogen and oxygen atoms in total. The summed E-state index contributed by atoms with van der Waals surface area (Å²) >= 11 is 0. The first-order valence-electron chi connectivity index (χ1n) is 10.9. The number of hydrogen-bond donors (Lipinski definition) is 0. The maximum atomic E-state index is 11.5. The zero-order valence-corrected chi connectivity index (χ0v) is 19.6. The predicted molar refractivity (Wildman–Crippen MR) is 132 cm³/mol. The van der Waals surface area contributed by atoms with Crippen LogP contribution in [0.2, 0.25) is 0 Å². The molecule has 1 aliphatic carbocycles. The van der Waals surface area contributed by atoms with Gasteiger partial charge in [-0.15, -0.1) is 4.89 Å². The third-order valence-electron chi connectivity index (χ3n) is 5.38. The molecule has 178 valence electrons. The lowest BCUT2D eigenvalue weighted by molar-refractivity contribution is -0.294. The molecule has 1 unspecified atom stereocenters. The van der Waals surface area contributed by atoms with E-state index in [9.17, 15) is 4.79 Å². The lowest BCUT2D eigenvalue weighted by Gasteiger charge is -2.18. The SMILES string of the molecule is C=C(COC)C(=O)OOCOc1ccc(-c2ccc(C3=CCC(C(=C)COC)C=C3)cc2)cc1. The monoisotopic (exact) mass is 462 g/mol. The molecule has 0 bridgehead atoms. The van der Waals surface area contributed by atoms with Crippen molar-refractivity contribution >= 4 is 11.5 Å². The second-order valence-corrected chi connectivity index (χ2v) is 7.84. The Morgan fingerprint density at radius 3 is 2.12 bits per heavy atom. The molecule has 0 amide bonds. The van der Waals surface area contributed by atoms with Crippen molar-refractivity contribution in [1.29, 1.82) is 0 Å². The van der Waals surface area contributed by atoms with E-state index in [1.807, 2.05) is 24.3 Å². The summed E-state index contributed by atoms with van der Waals surface area (Å²) in [7, 11) is 3.15. The van der Waals surface area contributed by atoms with Crippen LogP contribution in [0.1, 0.15) is 12.0 Å². The van der Waals surface area contributed by atoms with Crippen LogP contribution in [0.15, 0.2) is 91.1 Å². The summed E-state index contributed by atoms with van der Waals surface area (Å²) in [5.74, 6) is 0.227. The molecule has 2 aromatic carbocycles. The first-order valence-corrected chi connectivity index (χ1v) is 10.9. The minimum absolute atomic E-state index is 0.0747. The zero-order chi connectivity index (χ0) is 24.3. The van der Waals surface area contributed by atoms with Gasteiger partial charge in [-0.2, -0.15) is 0 Å². The molecule has 2 aromatic rings. The highest BCUT2D eigenvalue weighted by Gasteiger charge is 2.13. The van der Waals surface area contributed by atoms with Gasteiger partial charge < -0.3 is 14.2 Å². The highest BCUT2D eigenvalue weighted by molar-refractivity contribution is 5.87. The van der Waals surface area contributed by atoms with Crippen molar-refractivity contribution in [3.05, 3.63) is 96.6 Å². The van der Waals surface area contributed by atoms with E-state index in [0.29, 0.717) is 18.3 Å². The largest absolute Gasteiger partial charge is 0.464 e. The highest BCUT2D eigenvalue weighted by atomic mass is 17.2. The van der Waals surface area contributed by atoms with Crippen LogP contribution in [0, 0.1) is 5.92 Å². The first-order chi connectivity index (χ1) is 16.5. The van der Waals surface area contributed by atoms with Crippen molar-refractivity contribution in [3.8, 4) is 16.9 Å². The molecular weight excluding hydrogens is 432 g/mol. The quantitative estimate of drug-likeness (QED) is 0.103. The topological polar surface area (TPSA) is 63.2 Å². The number of hydrogen-bond acceptors (Lipinski definition) is 6. The van der Waals surface area contributed by atoms with Gasteiger partial charge in [0.15, 0.2) is 0 Å². The molecule has 0 aromatic heterocycles. The van der Waals surface area contributed by atoms with Crippen LogP contribution in [0.25, 0.3) is 16.7 Å². The minimum atomic E-state index is -0.694. The van der Waals surface area contributed by atoms with E-state index < -0.39 is 5.97 Å². The second-order valence-electron chi connectivity index (χ2n) is 7.84. The van der Waals surface area contributed by atoms with Crippen LogP contribution < -0.4 is 4.74 Å². The highest BCUT2D eigenvalue weighted by Crippen LogP contribution is 2.29. The number of ether oxygens (including phenoxy) is 3. The predicted octanol–water partition coefficient (Wildman–Crippen LogP) is 5.53. The molecule has 0 aliphatic heterocycles. The number of benzene rings is 2. The standard InChI is InChI=1S/C28H30O6/c1-20(17-30-3)22-5-7-23(8-6-22)24-9-11-25(12-10-24)26-13-15-27(16-14-26)32-19-33-34-28(29)21(2)18-31-4/h5,7-16,22H,1-2,6,17-19H2,3-4H3. The van der Waals surface area contributed by atoms with Crippen molar-refractivity contribution in [2.75, 3.05) is 34.2 Å². The molecule has 1 aliphatic rings. The Bertz CT molecular complexity index is 1050. The van der Waals surface area contributed by atoms with Gasteiger partial charge in [-0.3, -0.25) is 4.89 Å². The van der Waals surface area contributed by atoms with E-state index in [1.54, 1.807) is 7.11 Å². The summed E-state index contributed by atoms with van der Waals surface area (Å²) in [5.41, 5.74) is 5.80. The van der Waals surface area contributed by atoms with Gasteiger partial charge in [-0.25, -0.2) is 4.79 Å². The summed E-state index contributed by atoms with van der Waals surface area (Å²) in [6, 6.07) is 16.0. The van der Waals surface area contributed by atoms with Gasteiger partial charge in [0.25, 0.3) is 0 Å². The minimum Gasteiger partial charge on any atom is -0.464 e. The normalized spacial score (nSPS) is 14.9. The molecule has 3 rings (SSSR count). The van der Waals surface area contributed by atoms with Crippen LogP contribution in [-0.2, 0) is 24.0 Å². The fourth-order valence-corrected chi connectivity index (χ4v) is 3.49. The van der Waals surface area contributed by atoms with Gasteiger partial charge in [0.05, 0.1) is 18.8 Å². The van der Waals surface area contributed by atoms with Gasteiger partial charge in [-0.1, -0.05) is 67.8 Å². The Balaban J connectivity index is 1.50. The Kier molecular flexibility index (Phi) is 9.40. The molecule has 6 heteroatoms. The smallest absolute Gasteiger partial charge is 0.371 e. The van der Waals surface area contributed by atoms with Gasteiger partial charge in [0.2, 0.25) is 6.79 Å². The molecule has 0 saturated heterocycles. The summed E-state index contributed by atoms with van der Waals surface area (Å²) < 4.78 is 15.4. The van der Waals surface area contributed by atoms with Crippen LogP contribution >= 0.6 is 0 Å². The van der Waals surface area contributed by atoms with E-state index in [4.69, 9.17) is 19.1 Å². The second kappa shape index (κ2) is 12.7. The molecule has 34 heavy (non-hydrogen) atoms. The summed E-state index contributed by atoms with van der Waals surface area (Å²) in [6.45, 7) is 8.07. The van der Waals surface area contributed by atoms with Crippen LogP contribution in [0.4, 0.5) is 0 Å². The maximum Gasteiger partial charge on any atom is 0.371 e. The lowest BCUT2D eigenvalue weighted by Crippen LogP contribution is -2.13. The third-order valence-corrected chi connectivity index (χ3v) is 5.38. The van der Waals surface area contributed by atoms with Gasteiger partial charge in [-0.05, 0) is 46.4 Å². The van der Waals surface area contributed by atoms with Gasteiger partial charge >= 0.3 is 5.97 Å². The molecule has 1 atom stereocenters. The average molecular weight is 463 g/mol. The Morgan fingerprint density at radius 1 is 0.912 bits per heavy atom. The van der Waals surface area contributed by atoms with Gasteiger partial charge in [0.1, 0.15) is 5.75 Å².